The number of thiophene rings is 1. The number of fused-ring (bicyclic) bond motifs is 11. The molecule has 13 aromatic rings. The summed E-state index contributed by atoms with van der Waals surface area (Å²) in [5.74, 6) is 0. The summed E-state index contributed by atoms with van der Waals surface area (Å²) in [6, 6.07) is 75.8. The monoisotopic (exact) mass is 778 g/mol. The molecule has 60 heavy (non-hydrogen) atoms. The zero-order valence-corrected chi connectivity index (χ0v) is 33.2. The summed E-state index contributed by atoms with van der Waals surface area (Å²) < 4.78 is 4.89. The highest BCUT2D eigenvalue weighted by molar-refractivity contribution is 7.26. The van der Waals surface area contributed by atoms with E-state index >= 15 is 0 Å². The molecule has 0 unspecified atom stereocenters. The van der Waals surface area contributed by atoms with E-state index in [1.54, 1.807) is 0 Å². The van der Waals surface area contributed by atoms with Gasteiger partial charge in [-0.3, -0.25) is 4.40 Å². The van der Waals surface area contributed by atoms with Gasteiger partial charge in [-0.2, -0.15) is 0 Å². The van der Waals surface area contributed by atoms with Crippen molar-refractivity contribution in [2.75, 3.05) is 0 Å². The SMILES string of the molecule is c1ccc2cc(-c3ccc(-c4ccc(-c5ccc(-c6cc7c8cc9ccccc9cc8sc7c7nc8cc9ccccc9cc8n67)cc5)c5ccccc45)cc3)ccc2c1. The van der Waals surface area contributed by atoms with Crippen molar-refractivity contribution in [2.24, 2.45) is 0 Å². The fourth-order valence-corrected chi connectivity index (χ4v) is 10.7. The maximum atomic E-state index is 5.38. The van der Waals surface area contributed by atoms with Gasteiger partial charge in [0.25, 0.3) is 0 Å². The third-order valence-electron chi connectivity index (χ3n) is 12.5. The molecule has 0 fully saturated rings. The van der Waals surface area contributed by atoms with Gasteiger partial charge in [0, 0.05) is 15.5 Å². The number of imidazole rings is 1. The van der Waals surface area contributed by atoms with Crippen LogP contribution in [0, 0.1) is 0 Å². The molecule has 0 aliphatic rings. The minimum absolute atomic E-state index is 1.01. The third-order valence-corrected chi connectivity index (χ3v) is 13.7. The van der Waals surface area contributed by atoms with Gasteiger partial charge >= 0.3 is 0 Å². The van der Waals surface area contributed by atoms with E-state index < -0.39 is 0 Å². The smallest absolute Gasteiger partial charge is 0.156 e. The van der Waals surface area contributed by atoms with Crippen LogP contribution < -0.4 is 0 Å². The number of nitrogens with zero attached hydrogens (tertiary/aromatic N) is 2. The lowest BCUT2D eigenvalue weighted by Gasteiger charge is -2.14. The molecular weight excluding hydrogens is 745 g/mol. The Morgan fingerprint density at radius 1 is 0.350 bits per heavy atom. The van der Waals surface area contributed by atoms with E-state index in [0.717, 1.165) is 27.9 Å². The summed E-state index contributed by atoms with van der Waals surface area (Å²) in [7, 11) is 0. The van der Waals surface area contributed by atoms with Crippen molar-refractivity contribution in [3.05, 3.63) is 206 Å². The van der Waals surface area contributed by atoms with Gasteiger partial charge in [0.05, 0.1) is 21.4 Å². The maximum absolute atomic E-state index is 5.38. The summed E-state index contributed by atoms with van der Waals surface area (Å²) in [4.78, 5) is 5.38. The molecule has 3 aromatic heterocycles. The maximum Gasteiger partial charge on any atom is 0.156 e. The van der Waals surface area contributed by atoms with Crippen molar-refractivity contribution >= 4 is 91.3 Å². The summed E-state index contributed by atoms with van der Waals surface area (Å²) in [5, 5.41) is 12.5. The topological polar surface area (TPSA) is 17.3 Å². The van der Waals surface area contributed by atoms with Crippen molar-refractivity contribution in [1.29, 1.82) is 0 Å². The van der Waals surface area contributed by atoms with Crippen LogP contribution in [0.25, 0.3) is 125 Å². The van der Waals surface area contributed by atoms with E-state index in [9.17, 15) is 0 Å². The number of rotatable bonds is 4. The van der Waals surface area contributed by atoms with Gasteiger partial charge in [0.1, 0.15) is 0 Å². The first kappa shape index (κ1) is 33.4. The Hall–Kier alpha value is -7.59. The first-order valence-electron chi connectivity index (χ1n) is 20.5. The second-order valence-corrected chi connectivity index (χ2v) is 17.0. The van der Waals surface area contributed by atoms with Crippen LogP contribution in [-0.4, -0.2) is 9.38 Å². The summed E-state index contributed by atoms with van der Waals surface area (Å²) in [6.45, 7) is 0. The van der Waals surface area contributed by atoms with Gasteiger partial charge in [-0.1, -0.05) is 170 Å². The van der Waals surface area contributed by atoms with Crippen LogP contribution in [0.2, 0.25) is 0 Å². The summed E-state index contributed by atoms with van der Waals surface area (Å²) in [6.07, 6.45) is 0. The van der Waals surface area contributed by atoms with Gasteiger partial charge in [0.2, 0.25) is 0 Å². The standard InChI is InChI=1S/C57H34N2S/c1-2-10-40-29-45(26-19-35(40)9-1)36-17-20-37(21-18-36)46-27-28-47(49-16-8-7-15-48(46)49)38-22-24-39(25-23-38)53-34-51-50-30-41-11-3-6-14-44(41)33-55(50)60-56(51)57-58-52-31-42-12-4-5-13-43(42)32-54(52)59(53)57/h1-34H. The molecule has 3 heteroatoms. The molecule has 2 nitrogen and oxygen atoms in total. The lowest BCUT2D eigenvalue weighted by atomic mass is 9.91. The Kier molecular flexibility index (Phi) is 7.21. The molecule has 0 radical (unpaired) electrons. The highest BCUT2D eigenvalue weighted by atomic mass is 32.1. The van der Waals surface area contributed by atoms with Gasteiger partial charge in [-0.25, -0.2) is 4.98 Å². The van der Waals surface area contributed by atoms with E-state index in [4.69, 9.17) is 4.98 Å². The number of benzene rings is 10. The van der Waals surface area contributed by atoms with Crippen LogP contribution >= 0.6 is 11.3 Å². The number of pyridine rings is 1. The Labute approximate surface area is 349 Å². The molecule has 0 bridgehead atoms. The minimum Gasteiger partial charge on any atom is -0.291 e. The van der Waals surface area contributed by atoms with Crippen molar-refractivity contribution in [2.45, 2.75) is 0 Å². The zero-order chi connectivity index (χ0) is 39.3. The van der Waals surface area contributed by atoms with E-state index in [-0.39, 0.29) is 0 Å². The lowest BCUT2D eigenvalue weighted by Crippen LogP contribution is -1.93. The summed E-state index contributed by atoms with van der Waals surface area (Å²) in [5.41, 5.74) is 12.8. The fraction of sp³-hybridized carbons (Fsp3) is 0. The third kappa shape index (κ3) is 5.16. The molecule has 0 spiro atoms. The van der Waals surface area contributed by atoms with Gasteiger partial charge in [-0.05, 0) is 118 Å². The first-order chi connectivity index (χ1) is 29.7. The van der Waals surface area contributed by atoms with Crippen molar-refractivity contribution < 1.29 is 0 Å². The molecule has 0 amide bonds. The van der Waals surface area contributed by atoms with Gasteiger partial charge in [0.15, 0.2) is 5.65 Å². The summed E-state index contributed by atoms with van der Waals surface area (Å²) >= 11 is 1.85. The van der Waals surface area contributed by atoms with Crippen LogP contribution in [-0.2, 0) is 0 Å². The molecule has 0 aliphatic heterocycles. The zero-order valence-electron chi connectivity index (χ0n) is 32.4. The van der Waals surface area contributed by atoms with E-state index in [1.807, 2.05) is 11.3 Å². The van der Waals surface area contributed by atoms with Crippen molar-refractivity contribution in [3.63, 3.8) is 0 Å². The highest BCUT2D eigenvalue weighted by Gasteiger charge is 2.19. The molecule has 0 N–H and O–H groups in total. The van der Waals surface area contributed by atoms with Crippen LogP contribution in [0.15, 0.2) is 206 Å². The quantitative estimate of drug-likeness (QED) is 0.174. The normalized spacial score (nSPS) is 12.0. The molecule has 13 rings (SSSR count). The molecule has 0 saturated carbocycles. The largest absolute Gasteiger partial charge is 0.291 e. The predicted octanol–water partition coefficient (Wildman–Crippen LogP) is 16.1. The molecular formula is C57H34N2S. The second-order valence-electron chi connectivity index (χ2n) is 16.0. The van der Waals surface area contributed by atoms with Crippen LogP contribution in [0.3, 0.4) is 0 Å². The number of aromatic nitrogens is 2. The Balaban J connectivity index is 0.934. The van der Waals surface area contributed by atoms with Gasteiger partial charge in [-0.15, -0.1) is 11.3 Å². The fourth-order valence-electron chi connectivity index (χ4n) is 9.52. The Bertz CT molecular complexity index is 3870. The molecule has 278 valence electrons. The number of hydrogen-bond acceptors (Lipinski definition) is 2. The molecule has 0 atom stereocenters. The van der Waals surface area contributed by atoms with E-state index in [2.05, 4.69) is 211 Å². The molecule has 3 heterocycles. The number of hydrogen-bond donors (Lipinski definition) is 0. The Morgan fingerprint density at radius 2 is 0.867 bits per heavy atom. The van der Waals surface area contributed by atoms with Crippen molar-refractivity contribution in [1.82, 2.24) is 9.38 Å². The van der Waals surface area contributed by atoms with Crippen molar-refractivity contribution in [3.8, 4) is 44.6 Å². The molecule has 0 aliphatic carbocycles. The minimum atomic E-state index is 1.01. The average Bonchev–Trinajstić information content (AvgIpc) is 3.87. The Morgan fingerprint density at radius 3 is 1.53 bits per heavy atom. The molecule has 10 aromatic carbocycles. The molecule has 0 saturated heterocycles. The average molecular weight is 779 g/mol. The van der Waals surface area contributed by atoms with Gasteiger partial charge < -0.3 is 0 Å². The lowest BCUT2D eigenvalue weighted by molar-refractivity contribution is 1.25. The first-order valence-corrected chi connectivity index (χ1v) is 21.3. The van der Waals surface area contributed by atoms with Crippen LogP contribution in [0.1, 0.15) is 0 Å². The van der Waals surface area contributed by atoms with E-state index in [0.29, 0.717) is 0 Å². The second kappa shape index (κ2) is 13.0. The highest BCUT2D eigenvalue weighted by Crippen LogP contribution is 2.43. The van der Waals surface area contributed by atoms with E-state index in [1.165, 1.54) is 96.6 Å². The predicted molar refractivity (Wildman–Crippen MR) is 257 cm³/mol. The van der Waals surface area contributed by atoms with Crippen LogP contribution in [0.5, 0.6) is 0 Å². The van der Waals surface area contributed by atoms with Crippen LogP contribution in [0.4, 0.5) is 0 Å².